The summed E-state index contributed by atoms with van der Waals surface area (Å²) in [6.07, 6.45) is 0.837. The fourth-order valence-electron chi connectivity index (χ4n) is 2.42. The molecular weight excluding hydrogens is 270 g/mol. The van der Waals surface area contributed by atoms with Gasteiger partial charge in [-0.2, -0.15) is 5.26 Å². The van der Waals surface area contributed by atoms with E-state index in [1.807, 2.05) is 13.0 Å². The number of carbonyl (C=O) groups is 2. The van der Waals surface area contributed by atoms with Gasteiger partial charge in [-0.3, -0.25) is 14.5 Å². The molecule has 0 saturated carbocycles. The van der Waals surface area contributed by atoms with Gasteiger partial charge in [0.1, 0.15) is 5.75 Å². The Balaban J connectivity index is 2.09. The highest BCUT2D eigenvalue weighted by molar-refractivity contribution is 6.02. The largest absolute Gasteiger partial charge is 0.508 e. The molecule has 1 heterocycles. The van der Waals surface area contributed by atoms with E-state index < -0.39 is 0 Å². The Morgan fingerprint density at radius 2 is 1.95 bits per heavy atom. The molecule has 0 atom stereocenters. The maximum Gasteiger partial charge on any atom is 0.248 e. The van der Waals surface area contributed by atoms with E-state index in [9.17, 15) is 14.7 Å². The number of rotatable bonds is 4. The first kappa shape index (κ1) is 14.9. The smallest absolute Gasteiger partial charge is 0.248 e. The van der Waals surface area contributed by atoms with Crippen molar-refractivity contribution in [3.05, 3.63) is 23.8 Å². The van der Waals surface area contributed by atoms with Crippen LogP contribution in [0.2, 0.25) is 0 Å². The summed E-state index contributed by atoms with van der Waals surface area (Å²) in [5, 5.41) is 17.9. The number of carbonyl (C=O) groups excluding carboxylic acids is 2. The molecule has 1 saturated heterocycles. The molecule has 1 aromatic carbocycles. The predicted octanol–water partition coefficient (Wildman–Crippen LogP) is 1.18. The van der Waals surface area contributed by atoms with E-state index in [4.69, 9.17) is 5.26 Å². The Labute approximate surface area is 123 Å². The van der Waals surface area contributed by atoms with Gasteiger partial charge in [-0.1, -0.05) is 0 Å². The lowest BCUT2D eigenvalue weighted by Gasteiger charge is -2.34. The quantitative estimate of drug-likeness (QED) is 0.664. The second-order valence-corrected chi connectivity index (χ2v) is 5.03. The second-order valence-electron chi connectivity index (χ2n) is 5.03. The van der Waals surface area contributed by atoms with Crippen LogP contribution in [0.1, 0.15) is 18.4 Å². The van der Waals surface area contributed by atoms with Crippen LogP contribution in [0.4, 0.5) is 5.69 Å². The molecule has 0 aliphatic carbocycles. The molecular formula is C15H17N3O3. The Bertz CT molecular complexity index is 589. The normalized spacial score (nSPS) is 15.2. The minimum Gasteiger partial charge on any atom is -0.508 e. The van der Waals surface area contributed by atoms with Crippen LogP contribution in [0, 0.1) is 18.3 Å². The van der Waals surface area contributed by atoms with Crippen molar-refractivity contribution in [2.24, 2.45) is 0 Å². The molecule has 0 radical (unpaired) electrons. The third-order valence-electron chi connectivity index (χ3n) is 3.45. The van der Waals surface area contributed by atoms with E-state index in [0.29, 0.717) is 19.4 Å². The number of anilines is 1. The number of aryl methyl sites for hydroxylation is 1. The Morgan fingerprint density at radius 1 is 1.29 bits per heavy atom. The number of unbranched alkanes of at least 4 members (excludes halogenated alkanes) is 1. The number of imide groups is 1. The van der Waals surface area contributed by atoms with Gasteiger partial charge >= 0.3 is 0 Å². The van der Waals surface area contributed by atoms with Gasteiger partial charge in [-0.25, -0.2) is 0 Å². The number of phenols is 1. The lowest BCUT2D eigenvalue weighted by atomic mass is 10.1. The van der Waals surface area contributed by atoms with Crippen LogP contribution in [0.25, 0.3) is 0 Å². The standard InChI is InChI=1S/C15H17N3O3/c1-11-8-12(19)4-5-13(11)17-9-14(20)18(15(21)10-17)7-3-2-6-16/h4-5,8,19H,2-3,7,9-10H2,1H3. The van der Waals surface area contributed by atoms with Gasteiger partial charge in [0.15, 0.2) is 0 Å². The highest BCUT2D eigenvalue weighted by Gasteiger charge is 2.31. The summed E-state index contributed by atoms with van der Waals surface area (Å²) < 4.78 is 0. The second kappa shape index (κ2) is 6.27. The van der Waals surface area contributed by atoms with Crippen molar-refractivity contribution in [1.29, 1.82) is 5.26 Å². The van der Waals surface area contributed by atoms with Crippen LogP contribution in [0.5, 0.6) is 5.75 Å². The van der Waals surface area contributed by atoms with E-state index in [2.05, 4.69) is 0 Å². The van der Waals surface area contributed by atoms with Crippen molar-refractivity contribution in [2.75, 3.05) is 24.5 Å². The number of amides is 2. The molecule has 0 bridgehead atoms. The number of hydrogen-bond donors (Lipinski definition) is 1. The monoisotopic (exact) mass is 287 g/mol. The lowest BCUT2D eigenvalue weighted by molar-refractivity contribution is -0.145. The van der Waals surface area contributed by atoms with Crippen molar-refractivity contribution >= 4 is 17.5 Å². The third-order valence-corrected chi connectivity index (χ3v) is 3.45. The molecule has 1 aliphatic rings. The molecule has 1 N–H and O–H groups in total. The Morgan fingerprint density at radius 3 is 2.52 bits per heavy atom. The van der Waals surface area contributed by atoms with E-state index in [1.54, 1.807) is 17.0 Å². The Hall–Kier alpha value is -2.55. The SMILES string of the molecule is Cc1cc(O)ccc1N1CC(=O)N(CCCC#N)C(=O)C1. The van der Waals surface area contributed by atoms with Gasteiger partial charge in [0, 0.05) is 18.7 Å². The predicted molar refractivity (Wildman–Crippen MR) is 76.6 cm³/mol. The Kier molecular flexibility index (Phi) is 4.43. The fraction of sp³-hybridized carbons (Fsp3) is 0.400. The average Bonchev–Trinajstić information content (AvgIpc) is 2.41. The molecule has 1 aliphatic heterocycles. The average molecular weight is 287 g/mol. The zero-order valence-electron chi connectivity index (χ0n) is 11.9. The van der Waals surface area contributed by atoms with E-state index >= 15 is 0 Å². The molecule has 1 aromatic rings. The highest BCUT2D eigenvalue weighted by atomic mass is 16.3. The minimum absolute atomic E-state index is 0.129. The molecule has 6 heteroatoms. The number of phenolic OH excluding ortho intramolecular Hbond substituents is 1. The number of nitriles is 1. The van der Waals surface area contributed by atoms with Crippen LogP contribution in [0.15, 0.2) is 18.2 Å². The summed E-state index contributed by atoms with van der Waals surface area (Å²) >= 11 is 0. The third kappa shape index (κ3) is 3.31. The number of aromatic hydroxyl groups is 1. The van der Waals surface area contributed by atoms with E-state index in [1.165, 1.54) is 11.0 Å². The van der Waals surface area contributed by atoms with Crippen LogP contribution in [0.3, 0.4) is 0 Å². The zero-order valence-corrected chi connectivity index (χ0v) is 11.9. The summed E-state index contributed by atoms with van der Waals surface area (Å²) in [6.45, 7) is 2.38. The van der Waals surface area contributed by atoms with Crippen LogP contribution >= 0.6 is 0 Å². The van der Waals surface area contributed by atoms with Crippen molar-refractivity contribution in [3.63, 3.8) is 0 Å². The minimum atomic E-state index is -0.253. The van der Waals surface area contributed by atoms with Gasteiger partial charge < -0.3 is 10.0 Å². The van der Waals surface area contributed by atoms with E-state index in [0.717, 1.165) is 11.3 Å². The molecule has 0 unspecified atom stereocenters. The lowest BCUT2D eigenvalue weighted by Crippen LogP contribution is -2.54. The number of benzene rings is 1. The van der Waals surface area contributed by atoms with Crippen LogP contribution < -0.4 is 4.90 Å². The number of piperazine rings is 1. The van der Waals surface area contributed by atoms with Gasteiger partial charge in [-0.15, -0.1) is 0 Å². The maximum atomic E-state index is 12.1. The van der Waals surface area contributed by atoms with Crippen molar-refractivity contribution < 1.29 is 14.7 Å². The molecule has 0 aromatic heterocycles. The van der Waals surface area contributed by atoms with Crippen molar-refractivity contribution in [2.45, 2.75) is 19.8 Å². The fourth-order valence-corrected chi connectivity index (χ4v) is 2.42. The summed E-state index contributed by atoms with van der Waals surface area (Å²) in [6, 6.07) is 6.84. The molecule has 0 spiro atoms. The topological polar surface area (TPSA) is 84.6 Å². The number of hydrogen-bond acceptors (Lipinski definition) is 5. The summed E-state index contributed by atoms with van der Waals surface area (Å²) in [4.78, 5) is 27.1. The summed E-state index contributed by atoms with van der Waals surface area (Å²) in [5.74, 6) is -0.350. The summed E-state index contributed by atoms with van der Waals surface area (Å²) in [7, 11) is 0. The van der Waals surface area contributed by atoms with Gasteiger partial charge in [-0.05, 0) is 37.1 Å². The molecule has 2 rings (SSSR count). The van der Waals surface area contributed by atoms with Gasteiger partial charge in [0.2, 0.25) is 11.8 Å². The first-order valence-electron chi connectivity index (χ1n) is 6.77. The molecule has 21 heavy (non-hydrogen) atoms. The van der Waals surface area contributed by atoms with Gasteiger partial charge in [0.25, 0.3) is 0 Å². The van der Waals surface area contributed by atoms with Crippen LogP contribution in [-0.4, -0.2) is 41.5 Å². The maximum absolute atomic E-state index is 12.1. The van der Waals surface area contributed by atoms with Crippen molar-refractivity contribution in [3.8, 4) is 11.8 Å². The van der Waals surface area contributed by atoms with Crippen molar-refractivity contribution in [1.82, 2.24) is 4.90 Å². The first-order chi connectivity index (χ1) is 10.0. The van der Waals surface area contributed by atoms with Crippen LogP contribution in [-0.2, 0) is 9.59 Å². The zero-order chi connectivity index (χ0) is 15.4. The summed E-state index contributed by atoms with van der Waals surface area (Å²) in [5.41, 5.74) is 1.58. The van der Waals surface area contributed by atoms with E-state index in [-0.39, 0.29) is 30.7 Å². The number of nitrogens with zero attached hydrogens (tertiary/aromatic N) is 3. The molecule has 6 nitrogen and oxygen atoms in total. The van der Waals surface area contributed by atoms with Gasteiger partial charge in [0.05, 0.1) is 19.2 Å². The first-order valence-corrected chi connectivity index (χ1v) is 6.77. The molecule has 110 valence electrons. The highest BCUT2D eigenvalue weighted by Crippen LogP contribution is 2.25. The molecule has 2 amide bonds. The molecule has 1 fully saturated rings.